The van der Waals surface area contributed by atoms with Gasteiger partial charge >= 0.3 is 5.97 Å². The average molecular weight is 282 g/mol. The lowest BCUT2D eigenvalue weighted by Gasteiger charge is -2.26. The van der Waals surface area contributed by atoms with E-state index in [0.717, 1.165) is 18.9 Å². The highest BCUT2D eigenvalue weighted by Gasteiger charge is 2.27. The second-order valence-electron chi connectivity index (χ2n) is 4.78. The second kappa shape index (κ2) is 6.09. The number of aliphatic hydroxyl groups is 1. The molecule has 0 amide bonds. The summed E-state index contributed by atoms with van der Waals surface area (Å²) in [5.74, 6) is -1.05. The molecule has 1 atom stereocenters. The summed E-state index contributed by atoms with van der Waals surface area (Å²) < 4.78 is 19.0. The highest BCUT2D eigenvalue weighted by Crippen LogP contribution is 2.31. The van der Waals surface area contributed by atoms with Gasteiger partial charge in [-0.3, -0.25) is 0 Å². The van der Waals surface area contributed by atoms with Gasteiger partial charge in [0.2, 0.25) is 0 Å². The number of rotatable bonds is 4. The minimum absolute atomic E-state index is 0.0431. The molecule has 1 aromatic rings. The number of nitrogens with zero attached hydrogens (tertiary/aromatic N) is 1. The smallest absolute Gasteiger partial charge is 0.340 e. The Morgan fingerprint density at radius 3 is 3.00 bits per heavy atom. The summed E-state index contributed by atoms with van der Waals surface area (Å²) >= 11 is 0. The Hall–Kier alpha value is -1.82. The summed E-state index contributed by atoms with van der Waals surface area (Å²) in [6.07, 6.45) is 1.68. The van der Waals surface area contributed by atoms with Crippen molar-refractivity contribution in [3.63, 3.8) is 0 Å². The van der Waals surface area contributed by atoms with E-state index in [1.54, 1.807) is 11.8 Å². The number of hydrogen-bond donors (Lipinski definition) is 2. The maximum Gasteiger partial charge on any atom is 0.340 e. The molecule has 1 aromatic carbocycles. The second-order valence-corrected chi connectivity index (χ2v) is 4.78. The van der Waals surface area contributed by atoms with E-state index in [2.05, 4.69) is 0 Å². The molecular weight excluding hydrogens is 263 g/mol. The number of anilines is 2. The van der Waals surface area contributed by atoms with E-state index in [9.17, 15) is 14.3 Å². The summed E-state index contributed by atoms with van der Waals surface area (Å²) in [5, 5.41) is 9.33. The lowest BCUT2D eigenvalue weighted by molar-refractivity contribution is 0.0527. The standard InChI is InChI=1S/C14H19FN2O3/c1-2-20-14(19)10-6-13(11(15)7-12(10)16)17-5-3-4-9(17)8-18/h6-7,9,18H,2-5,8,16H2,1H3. The Kier molecular flexibility index (Phi) is 4.44. The predicted molar refractivity (Wildman–Crippen MR) is 74.2 cm³/mol. The molecule has 0 spiro atoms. The third kappa shape index (κ3) is 2.70. The van der Waals surface area contributed by atoms with Gasteiger partial charge in [-0.25, -0.2) is 9.18 Å². The molecule has 0 bridgehead atoms. The molecule has 0 aromatic heterocycles. The predicted octanol–water partition coefficient (Wildman–Crippen LogP) is 1.55. The number of nitrogen functional groups attached to an aromatic ring is 1. The maximum absolute atomic E-state index is 14.1. The number of hydrogen-bond acceptors (Lipinski definition) is 5. The first-order valence-corrected chi connectivity index (χ1v) is 6.72. The fourth-order valence-electron chi connectivity index (χ4n) is 2.53. The van der Waals surface area contributed by atoms with Gasteiger partial charge in [-0.05, 0) is 31.9 Å². The first-order valence-electron chi connectivity index (χ1n) is 6.72. The van der Waals surface area contributed by atoms with Crippen LogP contribution in [0.5, 0.6) is 0 Å². The normalized spacial score (nSPS) is 18.4. The van der Waals surface area contributed by atoms with Crippen LogP contribution in [0.3, 0.4) is 0 Å². The number of halogens is 1. The quantitative estimate of drug-likeness (QED) is 0.647. The molecule has 6 heteroatoms. The SMILES string of the molecule is CCOC(=O)c1cc(N2CCCC2CO)c(F)cc1N. The van der Waals surface area contributed by atoms with Gasteiger partial charge in [-0.2, -0.15) is 0 Å². The highest BCUT2D eigenvalue weighted by molar-refractivity contribution is 5.96. The van der Waals surface area contributed by atoms with E-state index < -0.39 is 11.8 Å². The van der Waals surface area contributed by atoms with E-state index in [0.29, 0.717) is 12.2 Å². The third-order valence-corrected chi connectivity index (χ3v) is 3.51. The molecule has 1 heterocycles. The third-order valence-electron chi connectivity index (χ3n) is 3.51. The number of nitrogens with two attached hydrogens (primary N) is 1. The van der Waals surface area contributed by atoms with Crippen LogP contribution >= 0.6 is 0 Å². The largest absolute Gasteiger partial charge is 0.462 e. The summed E-state index contributed by atoms with van der Waals surface area (Å²) in [6.45, 7) is 2.53. The van der Waals surface area contributed by atoms with E-state index in [1.807, 2.05) is 0 Å². The van der Waals surface area contributed by atoms with Crippen molar-refractivity contribution in [2.75, 3.05) is 30.4 Å². The van der Waals surface area contributed by atoms with E-state index in [4.69, 9.17) is 10.5 Å². The van der Waals surface area contributed by atoms with Gasteiger partial charge in [0.05, 0.1) is 30.5 Å². The molecule has 5 nitrogen and oxygen atoms in total. The van der Waals surface area contributed by atoms with Crippen LogP contribution in [-0.2, 0) is 4.74 Å². The molecule has 110 valence electrons. The molecule has 1 fully saturated rings. The summed E-state index contributed by atoms with van der Waals surface area (Å²) in [7, 11) is 0. The summed E-state index contributed by atoms with van der Waals surface area (Å²) in [5.41, 5.74) is 6.19. The lowest BCUT2D eigenvalue weighted by atomic mass is 10.1. The van der Waals surface area contributed by atoms with Gasteiger partial charge in [-0.15, -0.1) is 0 Å². The van der Waals surface area contributed by atoms with Crippen molar-refractivity contribution in [1.82, 2.24) is 0 Å². The van der Waals surface area contributed by atoms with Crippen molar-refractivity contribution in [1.29, 1.82) is 0 Å². The van der Waals surface area contributed by atoms with E-state index in [1.165, 1.54) is 6.07 Å². The lowest BCUT2D eigenvalue weighted by Crippen LogP contribution is -2.33. The zero-order chi connectivity index (χ0) is 14.7. The topological polar surface area (TPSA) is 75.8 Å². The number of esters is 1. The molecule has 1 unspecified atom stereocenters. The number of carbonyl (C=O) groups is 1. The minimum Gasteiger partial charge on any atom is -0.462 e. The van der Waals surface area contributed by atoms with Gasteiger partial charge in [0.15, 0.2) is 0 Å². The van der Waals surface area contributed by atoms with Crippen LogP contribution in [0.4, 0.5) is 15.8 Å². The summed E-state index contributed by atoms with van der Waals surface area (Å²) in [6, 6.07) is 2.42. The first-order chi connectivity index (χ1) is 9.58. The van der Waals surface area contributed by atoms with Crippen LogP contribution in [0.25, 0.3) is 0 Å². The molecular formula is C14H19FN2O3. The van der Waals surface area contributed by atoms with Crippen LogP contribution in [-0.4, -0.2) is 36.9 Å². The van der Waals surface area contributed by atoms with Crippen LogP contribution in [0.2, 0.25) is 0 Å². The molecule has 1 aliphatic rings. The van der Waals surface area contributed by atoms with Gasteiger partial charge in [-0.1, -0.05) is 0 Å². The number of benzene rings is 1. The van der Waals surface area contributed by atoms with Crippen molar-refractivity contribution in [3.8, 4) is 0 Å². The zero-order valence-electron chi connectivity index (χ0n) is 11.4. The number of aliphatic hydroxyl groups excluding tert-OH is 1. The molecule has 0 radical (unpaired) electrons. The van der Waals surface area contributed by atoms with Crippen molar-refractivity contribution in [2.24, 2.45) is 0 Å². The Balaban J connectivity index is 2.38. The Bertz CT molecular complexity index is 507. The Labute approximate surface area is 117 Å². The summed E-state index contributed by atoms with van der Waals surface area (Å²) in [4.78, 5) is 13.6. The molecule has 1 saturated heterocycles. The van der Waals surface area contributed by atoms with Crippen LogP contribution in [0.1, 0.15) is 30.1 Å². The van der Waals surface area contributed by atoms with Crippen LogP contribution < -0.4 is 10.6 Å². The molecule has 1 aliphatic heterocycles. The van der Waals surface area contributed by atoms with Gasteiger partial charge < -0.3 is 20.5 Å². The van der Waals surface area contributed by atoms with Gasteiger partial charge in [0.1, 0.15) is 5.82 Å². The van der Waals surface area contributed by atoms with Crippen molar-refractivity contribution < 1.29 is 19.0 Å². The van der Waals surface area contributed by atoms with Gasteiger partial charge in [0.25, 0.3) is 0 Å². The first kappa shape index (κ1) is 14.6. The van der Waals surface area contributed by atoms with Crippen LogP contribution in [0.15, 0.2) is 12.1 Å². The molecule has 2 rings (SSSR count). The number of carbonyl (C=O) groups excluding carboxylic acids is 1. The van der Waals surface area contributed by atoms with Crippen molar-refractivity contribution >= 4 is 17.3 Å². The van der Waals surface area contributed by atoms with Crippen molar-refractivity contribution in [3.05, 3.63) is 23.5 Å². The Morgan fingerprint density at radius 2 is 2.35 bits per heavy atom. The Morgan fingerprint density at radius 1 is 1.60 bits per heavy atom. The number of ether oxygens (including phenoxy) is 1. The zero-order valence-corrected chi connectivity index (χ0v) is 11.4. The van der Waals surface area contributed by atoms with Gasteiger partial charge in [0, 0.05) is 12.2 Å². The average Bonchev–Trinajstić information content (AvgIpc) is 2.87. The fraction of sp³-hybridized carbons (Fsp3) is 0.500. The highest BCUT2D eigenvalue weighted by atomic mass is 19.1. The maximum atomic E-state index is 14.1. The molecule has 3 N–H and O–H groups in total. The van der Waals surface area contributed by atoms with Crippen molar-refractivity contribution in [2.45, 2.75) is 25.8 Å². The fourth-order valence-corrected chi connectivity index (χ4v) is 2.53. The van der Waals surface area contributed by atoms with E-state index >= 15 is 0 Å². The molecule has 0 saturated carbocycles. The van der Waals surface area contributed by atoms with Crippen LogP contribution in [0, 0.1) is 5.82 Å². The monoisotopic (exact) mass is 282 g/mol. The minimum atomic E-state index is -0.564. The molecule has 20 heavy (non-hydrogen) atoms. The molecule has 0 aliphatic carbocycles. The van der Waals surface area contributed by atoms with E-state index in [-0.39, 0.29) is 30.5 Å².